The molecule has 0 amide bonds. The van der Waals surface area contributed by atoms with Crippen LogP contribution in [0.15, 0.2) is 0 Å². The molecule has 0 aliphatic carbocycles. The van der Waals surface area contributed by atoms with Crippen molar-refractivity contribution < 1.29 is 5.11 Å². The van der Waals surface area contributed by atoms with Crippen LogP contribution >= 0.6 is 11.8 Å². The zero-order valence-electron chi connectivity index (χ0n) is 3.42. The highest BCUT2D eigenvalue weighted by Crippen LogP contribution is 2.21. The van der Waals surface area contributed by atoms with Gasteiger partial charge in [-0.25, -0.2) is 0 Å². The van der Waals surface area contributed by atoms with Crippen LogP contribution in [0.25, 0.3) is 0 Å². The maximum atomic E-state index is 8.64. The lowest BCUT2D eigenvalue weighted by Gasteiger charge is -1.90. The van der Waals surface area contributed by atoms with Gasteiger partial charge < -0.3 is 5.11 Å². The van der Waals surface area contributed by atoms with Gasteiger partial charge in [0.15, 0.2) is 0 Å². The summed E-state index contributed by atoms with van der Waals surface area (Å²) in [7, 11) is 0. The molecule has 1 fully saturated rings. The van der Waals surface area contributed by atoms with E-state index in [1.807, 2.05) is 6.42 Å². The van der Waals surface area contributed by atoms with Gasteiger partial charge in [-0.15, -0.1) is 11.8 Å². The molecular formula is C4H7OS. The van der Waals surface area contributed by atoms with Gasteiger partial charge in [0.25, 0.3) is 0 Å². The maximum absolute atomic E-state index is 8.64. The Labute approximate surface area is 41.7 Å². The van der Waals surface area contributed by atoms with Gasteiger partial charge >= 0.3 is 0 Å². The Hall–Kier alpha value is 0.310. The zero-order valence-corrected chi connectivity index (χ0v) is 4.24. The summed E-state index contributed by atoms with van der Waals surface area (Å²) in [6.45, 7) is 0. The molecule has 1 radical (unpaired) electrons. The Bertz CT molecular complexity index is 40.8. The van der Waals surface area contributed by atoms with Crippen molar-refractivity contribution in [3.8, 4) is 0 Å². The molecular weight excluding hydrogens is 96.1 g/mol. The molecule has 0 saturated carbocycles. The van der Waals surface area contributed by atoms with Crippen molar-refractivity contribution in [3.05, 3.63) is 6.42 Å². The molecule has 1 heterocycles. The lowest BCUT2D eigenvalue weighted by Crippen LogP contribution is -1.90. The average molecular weight is 103 g/mol. The van der Waals surface area contributed by atoms with Crippen LogP contribution < -0.4 is 0 Å². The highest BCUT2D eigenvalue weighted by Gasteiger charge is 2.10. The SMILES string of the molecule is OC1[CH]CCS1. The van der Waals surface area contributed by atoms with Crippen molar-refractivity contribution in [1.82, 2.24) is 0 Å². The fourth-order valence-corrected chi connectivity index (χ4v) is 1.25. The number of hydrogen-bond donors (Lipinski definition) is 1. The van der Waals surface area contributed by atoms with Crippen molar-refractivity contribution in [3.63, 3.8) is 0 Å². The van der Waals surface area contributed by atoms with Gasteiger partial charge in [0, 0.05) is 6.42 Å². The Morgan fingerprint density at radius 3 is 2.83 bits per heavy atom. The predicted octanol–water partition coefficient (Wildman–Crippen LogP) is 0.646. The molecule has 1 saturated heterocycles. The molecule has 1 atom stereocenters. The smallest absolute Gasteiger partial charge is 0.102 e. The summed E-state index contributed by atoms with van der Waals surface area (Å²) in [5.74, 6) is 1.10. The molecule has 1 nitrogen and oxygen atoms in total. The van der Waals surface area contributed by atoms with Crippen molar-refractivity contribution in [2.24, 2.45) is 0 Å². The summed E-state index contributed by atoms with van der Waals surface area (Å²) >= 11 is 1.60. The molecule has 0 aromatic rings. The Balaban J connectivity index is 2.18. The van der Waals surface area contributed by atoms with E-state index in [9.17, 15) is 0 Å². The first-order valence-corrected chi connectivity index (χ1v) is 3.07. The van der Waals surface area contributed by atoms with Gasteiger partial charge in [-0.3, -0.25) is 0 Å². The van der Waals surface area contributed by atoms with Gasteiger partial charge in [0.1, 0.15) is 5.44 Å². The van der Waals surface area contributed by atoms with Gasteiger partial charge in [-0.05, 0) is 12.2 Å². The molecule has 0 bridgehead atoms. The molecule has 1 unspecified atom stereocenters. The van der Waals surface area contributed by atoms with E-state index in [0.29, 0.717) is 0 Å². The van der Waals surface area contributed by atoms with Gasteiger partial charge in [-0.1, -0.05) is 0 Å². The fourth-order valence-electron chi connectivity index (χ4n) is 0.467. The maximum Gasteiger partial charge on any atom is 0.102 e. The van der Waals surface area contributed by atoms with E-state index in [1.165, 1.54) is 0 Å². The first-order valence-electron chi connectivity index (χ1n) is 2.02. The lowest BCUT2D eigenvalue weighted by atomic mass is 10.4. The number of thioether (sulfide) groups is 1. The first kappa shape index (κ1) is 4.47. The van der Waals surface area contributed by atoms with Crippen molar-refractivity contribution >= 4 is 11.8 Å². The third-order valence-corrected chi connectivity index (χ3v) is 1.78. The molecule has 0 spiro atoms. The van der Waals surface area contributed by atoms with Crippen LogP contribution in [0.4, 0.5) is 0 Å². The van der Waals surface area contributed by atoms with Crippen LogP contribution in [0, 0.1) is 6.42 Å². The number of hydrogen-bond acceptors (Lipinski definition) is 2. The molecule has 1 N–H and O–H groups in total. The highest BCUT2D eigenvalue weighted by molar-refractivity contribution is 8.00. The van der Waals surface area contributed by atoms with Crippen LogP contribution in [0.2, 0.25) is 0 Å². The molecule has 0 aromatic carbocycles. The van der Waals surface area contributed by atoms with Crippen molar-refractivity contribution in [1.29, 1.82) is 0 Å². The van der Waals surface area contributed by atoms with Crippen LogP contribution in [-0.4, -0.2) is 16.3 Å². The monoisotopic (exact) mass is 103 g/mol. The van der Waals surface area contributed by atoms with E-state index in [2.05, 4.69) is 0 Å². The lowest BCUT2D eigenvalue weighted by molar-refractivity contribution is 0.297. The van der Waals surface area contributed by atoms with Crippen LogP contribution in [0.5, 0.6) is 0 Å². The Morgan fingerprint density at radius 2 is 2.67 bits per heavy atom. The molecule has 1 aliphatic heterocycles. The largest absolute Gasteiger partial charge is 0.382 e. The summed E-state index contributed by atoms with van der Waals surface area (Å²) in [5, 5.41) is 8.64. The Morgan fingerprint density at radius 1 is 1.83 bits per heavy atom. The minimum Gasteiger partial charge on any atom is -0.382 e. The predicted molar refractivity (Wildman–Crippen MR) is 27.4 cm³/mol. The molecule has 1 rings (SSSR count). The molecule has 1 aliphatic rings. The topological polar surface area (TPSA) is 20.2 Å². The molecule has 35 valence electrons. The van der Waals surface area contributed by atoms with E-state index in [1.54, 1.807) is 11.8 Å². The minimum atomic E-state index is -0.162. The number of aliphatic hydroxyl groups is 1. The summed E-state index contributed by atoms with van der Waals surface area (Å²) in [6, 6.07) is 0. The summed E-state index contributed by atoms with van der Waals surface area (Å²) in [6.07, 6.45) is 3.00. The van der Waals surface area contributed by atoms with Crippen LogP contribution in [-0.2, 0) is 0 Å². The summed E-state index contributed by atoms with van der Waals surface area (Å²) in [4.78, 5) is 0. The van der Waals surface area contributed by atoms with E-state index >= 15 is 0 Å². The van der Waals surface area contributed by atoms with E-state index < -0.39 is 0 Å². The van der Waals surface area contributed by atoms with E-state index in [0.717, 1.165) is 12.2 Å². The molecule has 2 heteroatoms. The second-order valence-corrected chi connectivity index (χ2v) is 2.51. The second-order valence-electron chi connectivity index (χ2n) is 1.29. The number of rotatable bonds is 0. The summed E-state index contributed by atoms with van der Waals surface area (Å²) in [5.41, 5.74) is -0.162. The van der Waals surface area contributed by atoms with Crippen molar-refractivity contribution in [2.75, 3.05) is 5.75 Å². The molecule has 0 aromatic heterocycles. The third kappa shape index (κ3) is 0.884. The standard InChI is InChI=1S/C4H7OS/c5-4-2-1-3-6-4/h2,4-5H,1,3H2. The zero-order chi connectivity index (χ0) is 4.41. The Kier molecular flexibility index (Phi) is 1.37. The van der Waals surface area contributed by atoms with Crippen LogP contribution in [0.1, 0.15) is 6.42 Å². The van der Waals surface area contributed by atoms with E-state index in [-0.39, 0.29) is 5.44 Å². The van der Waals surface area contributed by atoms with Gasteiger partial charge in [0.2, 0.25) is 0 Å². The quantitative estimate of drug-likeness (QED) is 0.485. The van der Waals surface area contributed by atoms with Gasteiger partial charge in [0.05, 0.1) is 0 Å². The fraction of sp³-hybridized carbons (Fsp3) is 0.750. The first-order chi connectivity index (χ1) is 2.89. The van der Waals surface area contributed by atoms with Gasteiger partial charge in [-0.2, -0.15) is 0 Å². The third-order valence-electron chi connectivity index (χ3n) is 0.775. The van der Waals surface area contributed by atoms with Crippen LogP contribution in [0.3, 0.4) is 0 Å². The highest BCUT2D eigenvalue weighted by atomic mass is 32.2. The molecule has 6 heavy (non-hydrogen) atoms. The number of aliphatic hydroxyl groups excluding tert-OH is 1. The normalized spacial score (nSPS) is 34.5. The second kappa shape index (κ2) is 1.85. The summed E-state index contributed by atoms with van der Waals surface area (Å²) < 4.78 is 0. The minimum absolute atomic E-state index is 0.162. The van der Waals surface area contributed by atoms with Crippen molar-refractivity contribution in [2.45, 2.75) is 11.9 Å². The van der Waals surface area contributed by atoms with E-state index in [4.69, 9.17) is 5.11 Å². The average Bonchev–Trinajstić information content (AvgIpc) is 1.86.